The van der Waals surface area contributed by atoms with Crippen molar-refractivity contribution in [1.82, 2.24) is 0 Å². The quantitative estimate of drug-likeness (QED) is 0.709. The molecule has 0 heterocycles. The van der Waals surface area contributed by atoms with Crippen molar-refractivity contribution in [2.75, 3.05) is 0 Å². The van der Waals surface area contributed by atoms with E-state index in [1.807, 2.05) is 0 Å². The number of carbonyl (C=O) groups is 1. The average Bonchev–Trinajstić information content (AvgIpc) is 2.74. The van der Waals surface area contributed by atoms with E-state index < -0.39 is 0 Å². The molecule has 2 atom stereocenters. The van der Waals surface area contributed by atoms with Crippen molar-refractivity contribution in [3.63, 3.8) is 0 Å². The fourth-order valence-electron chi connectivity index (χ4n) is 3.34. The maximum Gasteiger partial charge on any atom is 0.165 e. The summed E-state index contributed by atoms with van der Waals surface area (Å²) in [4.78, 5) is 12.4. The van der Waals surface area contributed by atoms with E-state index in [0.29, 0.717) is 5.78 Å². The van der Waals surface area contributed by atoms with E-state index in [1.54, 1.807) is 0 Å². The van der Waals surface area contributed by atoms with Gasteiger partial charge in [-0.25, -0.2) is 0 Å². The maximum absolute atomic E-state index is 12.4. The van der Waals surface area contributed by atoms with Crippen molar-refractivity contribution in [2.24, 2.45) is 11.8 Å². The molecule has 1 aromatic carbocycles. The third kappa shape index (κ3) is 2.23. The molecular weight excluding hydrogens is 220 g/mol. The smallest absolute Gasteiger partial charge is 0.165 e. The Morgan fingerprint density at radius 1 is 1.06 bits per heavy atom. The van der Waals surface area contributed by atoms with Gasteiger partial charge in [-0.1, -0.05) is 37.6 Å². The van der Waals surface area contributed by atoms with Gasteiger partial charge in [0.1, 0.15) is 0 Å². The minimum Gasteiger partial charge on any atom is -0.294 e. The molecule has 0 spiro atoms. The zero-order chi connectivity index (χ0) is 12.5. The Labute approximate surface area is 110 Å². The second kappa shape index (κ2) is 4.87. The standard InChI is InChI=1S/C17H22O/c1-12-5-6-16(11-12)17(18)15-9-7-14(8-10-15)13-3-2-4-13/h7-10,12-13,16H,2-6,11H2,1H3. The van der Waals surface area contributed by atoms with Crippen LogP contribution >= 0.6 is 0 Å². The molecule has 0 radical (unpaired) electrons. The highest BCUT2D eigenvalue weighted by molar-refractivity contribution is 5.98. The summed E-state index contributed by atoms with van der Waals surface area (Å²) in [6.45, 7) is 2.26. The van der Waals surface area contributed by atoms with E-state index in [1.165, 1.54) is 31.2 Å². The summed E-state index contributed by atoms with van der Waals surface area (Å²) in [7, 11) is 0. The van der Waals surface area contributed by atoms with Gasteiger partial charge in [-0.15, -0.1) is 0 Å². The van der Waals surface area contributed by atoms with Crippen molar-refractivity contribution < 1.29 is 4.79 Å². The first-order valence-corrected chi connectivity index (χ1v) is 7.38. The van der Waals surface area contributed by atoms with Crippen molar-refractivity contribution in [1.29, 1.82) is 0 Å². The molecule has 2 aliphatic rings. The lowest BCUT2D eigenvalue weighted by atomic mass is 9.79. The Morgan fingerprint density at radius 3 is 2.28 bits per heavy atom. The fraction of sp³-hybridized carbons (Fsp3) is 0.588. The molecule has 1 aromatic rings. The van der Waals surface area contributed by atoms with Crippen molar-refractivity contribution in [2.45, 2.75) is 51.4 Å². The van der Waals surface area contributed by atoms with Gasteiger partial charge in [-0.2, -0.15) is 0 Å². The van der Waals surface area contributed by atoms with E-state index in [-0.39, 0.29) is 5.92 Å². The van der Waals surface area contributed by atoms with Gasteiger partial charge in [0.2, 0.25) is 0 Å². The Kier molecular flexibility index (Phi) is 3.23. The van der Waals surface area contributed by atoms with Gasteiger partial charge in [-0.3, -0.25) is 4.79 Å². The monoisotopic (exact) mass is 242 g/mol. The highest BCUT2D eigenvalue weighted by Gasteiger charge is 2.28. The van der Waals surface area contributed by atoms with Crippen molar-refractivity contribution in [3.8, 4) is 0 Å². The Balaban J connectivity index is 1.70. The molecule has 2 aliphatic carbocycles. The summed E-state index contributed by atoms with van der Waals surface area (Å²) >= 11 is 0. The summed E-state index contributed by atoms with van der Waals surface area (Å²) in [6, 6.07) is 8.46. The number of rotatable bonds is 3. The van der Waals surface area contributed by atoms with Gasteiger partial charge in [0, 0.05) is 11.5 Å². The van der Waals surface area contributed by atoms with E-state index in [2.05, 4.69) is 31.2 Å². The summed E-state index contributed by atoms with van der Waals surface area (Å²) in [5.41, 5.74) is 2.36. The maximum atomic E-state index is 12.4. The van der Waals surface area contributed by atoms with Crippen molar-refractivity contribution >= 4 is 5.78 Å². The minimum atomic E-state index is 0.287. The first kappa shape index (κ1) is 12.0. The third-order valence-electron chi connectivity index (χ3n) is 4.84. The van der Waals surface area contributed by atoms with Gasteiger partial charge in [0.25, 0.3) is 0 Å². The predicted molar refractivity (Wildman–Crippen MR) is 73.9 cm³/mol. The molecule has 0 saturated heterocycles. The van der Waals surface area contributed by atoms with Crippen LogP contribution < -0.4 is 0 Å². The zero-order valence-electron chi connectivity index (χ0n) is 11.2. The van der Waals surface area contributed by atoms with Crippen molar-refractivity contribution in [3.05, 3.63) is 35.4 Å². The number of carbonyl (C=O) groups excluding carboxylic acids is 1. The van der Waals surface area contributed by atoms with Crippen LogP contribution in [-0.4, -0.2) is 5.78 Å². The highest BCUT2D eigenvalue weighted by atomic mass is 16.1. The molecule has 0 aromatic heterocycles. The predicted octanol–water partition coefficient (Wildman–Crippen LogP) is 4.57. The Bertz CT molecular complexity index is 427. The molecule has 3 rings (SSSR count). The number of ketones is 1. The largest absolute Gasteiger partial charge is 0.294 e. The van der Waals surface area contributed by atoms with Crippen LogP contribution in [0, 0.1) is 11.8 Å². The molecular formula is C17H22O. The molecule has 96 valence electrons. The molecule has 0 amide bonds. The second-order valence-corrected chi connectivity index (χ2v) is 6.23. The molecule has 2 fully saturated rings. The van der Waals surface area contributed by atoms with Crippen LogP contribution in [0.5, 0.6) is 0 Å². The lowest BCUT2D eigenvalue weighted by Crippen LogP contribution is -2.12. The van der Waals surface area contributed by atoms with Gasteiger partial charge >= 0.3 is 0 Å². The number of Topliss-reactive ketones (excluding diaryl/α,β-unsaturated/α-hetero) is 1. The van der Waals surface area contributed by atoms with E-state index in [9.17, 15) is 4.79 Å². The third-order valence-corrected chi connectivity index (χ3v) is 4.84. The van der Waals surface area contributed by atoms with Gasteiger partial charge in [0.05, 0.1) is 0 Å². The van der Waals surface area contributed by atoms with Crippen LogP contribution in [-0.2, 0) is 0 Å². The molecule has 1 nitrogen and oxygen atoms in total. The second-order valence-electron chi connectivity index (χ2n) is 6.23. The molecule has 0 bridgehead atoms. The van der Waals surface area contributed by atoms with E-state index in [4.69, 9.17) is 0 Å². The topological polar surface area (TPSA) is 17.1 Å². The molecule has 0 aliphatic heterocycles. The molecule has 0 N–H and O–H groups in total. The molecule has 2 unspecified atom stereocenters. The van der Waals surface area contributed by atoms with Crippen LogP contribution in [0.1, 0.15) is 67.3 Å². The molecule has 2 saturated carbocycles. The van der Waals surface area contributed by atoms with Gasteiger partial charge in [0.15, 0.2) is 5.78 Å². The Morgan fingerprint density at radius 2 is 1.78 bits per heavy atom. The van der Waals surface area contributed by atoms with Crippen LogP contribution in [0.25, 0.3) is 0 Å². The SMILES string of the molecule is CC1CCC(C(=O)c2ccc(C3CCC3)cc2)C1. The van der Waals surface area contributed by atoms with E-state index >= 15 is 0 Å². The normalized spacial score (nSPS) is 28.1. The summed E-state index contributed by atoms with van der Waals surface area (Å²) in [5, 5.41) is 0. The van der Waals surface area contributed by atoms with Crippen LogP contribution in [0.15, 0.2) is 24.3 Å². The number of hydrogen-bond donors (Lipinski definition) is 0. The number of hydrogen-bond acceptors (Lipinski definition) is 1. The lowest BCUT2D eigenvalue weighted by molar-refractivity contribution is 0.0920. The lowest BCUT2D eigenvalue weighted by Gasteiger charge is -2.25. The summed E-state index contributed by atoms with van der Waals surface area (Å²) in [6.07, 6.45) is 7.41. The fourth-order valence-corrected chi connectivity index (χ4v) is 3.34. The minimum absolute atomic E-state index is 0.287. The molecule has 18 heavy (non-hydrogen) atoms. The first-order chi connectivity index (χ1) is 8.74. The van der Waals surface area contributed by atoms with Gasteiger partial charge in [-0.05, 0) is 49.5 Å². The van der Waals surface area contributed by atoms with E-state index in [0.717, 1.165) is 30.2 Å². The first-order valence-electron chi connectivity index (χ1n) is 7.38. The Hall–Kier alpha value is -1.11. The zero-order valence-corrected chi connectivity index (χ0v) is 11.2. The van der Waals surface area contributed by atoms with Crippen LogP contribution in [0.4, 0.5) is 0 Å². The summed E-state index contributed by atoms with van der Waals surface area (Å²) in [5.74, 6) is 2.16. The number of benzene rings is 1. The van der Waals surface area contributed by atoms with Crippen LogP contribution in [0.2, 0.25) is 0 Å². The molecule has 1 heteroatoms. The average molecular weight is 242 g/mol. The highest BCUT2D eigenvalue weighted by Crippen LogP contribution is 2.37. The van der Waals surface area contributed by atoms with Crippen LogP contribution in [0.3, 0.4) is 0 Å². The van der Waals surface area contributed by atoms with Gasteiger partial charge < -0.3 is 0 Å². The summed E-state index contributed by atoms with van der Waals surface area (Å²) < 4.78 is 0.